The van der Waals surface area contributed by atoms with E-state index in [0.717, 1.165) is 4.57 Å². The van der Waals surface area contributed by atoms with E-state index in [1.807, 2.05) is 0 Å². The number of hydrogen-bond donors (Lipinski definition) is 1. The van der Waals surface area contributed by atoms with E-state index in [1.54, 1.807) is 18.2 Å². The molecule has 0 radical (unpaired) electrons. The highest BCUT2D eigenvalue weighted by Gasteiger charge is 2.25. The Labute approximate surface area is 102 Å². The molecule has 0 atom stereocenters. The van der Waals surface area contributed by atoms with Crippen molar-refractivity contribution in [2.45, 2.75) is 6.42 Å². The Bertz CT molecular complexity index is 666. The molecule has 6 nitrogen and oxygen atoms in total. The fraction of sp³-hybridized carbons (Fsp3) is 0.333. The molecule has 94 valence electrons. The van der Waals surface area contributed by atoms with Crippen molar-refractivity contribution in [1.82, 2.24) is 4.57 Å². The second-order valence-corrected chi connectivity index (χ2v) is 4.43. The van der Waals surface area contributed by atoms with Crippen molar-refractivity contribution in [2.75, 3.05) is 18.9 Å². The normalized spacial score (nSPS) is 15.8. The average molecular weight is 248 g/mol. The number of nitrogens with zero attached hydrogens (tertiary/aromatic N) is 1. The Morgan fingerprint density at radius 3 is 2.89 bits per heavy atom. The van der Waals surface area contributed by atoms with Crippen LogP contribution in [0.3, 0.4) is 0 Å². The standard InChI is InChI=1S/C12H12N2O4/c13-8-1-2-10-9(4-8)14(12(16)18-10)11(15)3-7-5-17-6-7/h1-2,4,7H,3,5-6,13H2. The number of nitrogens with two attached hydrogens (primary N) is 1. The van der Waals surface area contributed by atoms with Gasteiger partial charge in [-0.25, -0.2) is 9.36 Å². The van der Waals surface area contributed by atoms with Crippen LogP contribution in [0.4, 0.5) is 5.69 Å². The molecule has 1 aromatic carbocycles. The van der Waals surface area contributed by atoms with Crippen LogP contribution in [0.25, 0.3) is 11.1 Å². The summed E-state index contributed by atoms with van der Waals surface area (Å²) in [5.74, 6) is -0.756. The molecule has 2 heterocycles. The van der Waals surface area contributed by atoms with Crippen molar-refractivity contribution < 1.29 is 13.9 Å². The highest BCUT2D eigenvalue weighted by molar-refractivity contribution is 5.90. The van der Waals surface area contributed by atoms with Gasteiger partial charge >= 0.3 is 5.76 Å². The zero-order valence-electron chi connectivity index (χ0n) is 9.59. The van der Waals surface area contributed by atoms with Gasteiger partial charge in [0.05, 0.1) is 13.2 Å². The second-order valence-electron chi connectivity index (χ2n) is 4.43. The summed E-state index contributed by atoms with van der Waals surface area (Å²) in [6.07, 6.45) is 0.281. The first-order valence-corrected chi connectivity index (χ1v) is 5.67. The summed E-state index contributed by atoms with van der Waals surface area (Å²) in [4.78, 5) is 23.7. The molecular weight excluding hydrogens is 236 g/mol. The summed E-state index contributed by atoms with van der Waals surface area (Å²) in [6, 6.07) is 4.78. The predicted molar refractivity (Wildman–Crippen MR) is 64.4 cm³/mol. The smallest absolute Gasteiger partial charge is 0.407 e. The van der Waals surface area contributed by atoms with Crippen LogP contribution in [0.2, 0.25) is 0 Å². The van der Waals surface area contributed by atoms with Gasteiger partial charge in [-0.05, 0) is 18.2 Å². The molecule has 0 aliphatic carbocycles. The second kappa shape index (κ2) is 3.99. The van der Waals surface area contributed by atoms with Crippen molar-refractivity contribution in [1.29, 1.82) is 0 Å². The Hall–Kier alpha value is -2.08. The number of benzene rings is 1. The number of anilines is 1. The predicted octanol–water partition coefficient (Wildman–Crippen LogP) is 0.853. The van der Waals surface area contributed by atoms with E-state index in [2.05, 4.69) is 0 Å². The summed E-state index contributed by atoms with van der Waals surface area (Å²) in [7, 11) is 0. The highest BCUT2D eigenvalue weighted by atomic mass is 16.5. The van der Waals surface area contributed by atoms with Crippen LogP contribution in [-0.4, -0.2) is 23.7 Å². The molecule has 1 aromatic heterocycles. The van der Waals surface area contributed by atoms with Crippen molar-refractivity contribution in [3.8, 4) is 0 Å². The van der Waals surface area contributed by atoms with E-state index in [4.69, 9.17) is 14.9 Å². The maximum atomic E-state index is 12.1. The number of oxazole rings is 1. The van der Waals surface area contributed by atoms with Crippen molar-refractivity contribution in [3.63, 3.8) is 0 Å². The minimum absolute atomic E-state index is 0.190. The number of carbonyl (C=O) groups excluding carboxylic acids is 1. The first-order chi connectivity index (χ1) is 8.65. The van der Waals surface area contributed by atoms with Gasteiger partial charge in [-0.1, -0.05) is 0 Å². The highest BCUT2D eigenvalue weighted by Crippen LogP contribution is 2.19. The Morgan fingerprint density at radius 2 is 2.22 bits per heavy atom. The molecule has 1 saturated heterocycles. The van der Waals surface area contributed by atoms with E-state index in [1.165, 1.54) is 0 Å². The minimum Gasteiger partial charge on any atom is -0.407 e. The van der Waals surface area contributed by atoms with Crippen LogP contribution in [0, 0.1) is 5.92 Å². The molecule has 18 heavy (non-hydrogen) atoms. The molecule has 1 fully saturated rings. The van der Waals surface area contributed by atoms with Gasteiger partial charge in [-0.3, -0.25) is 4.79 Å². The third-order valence-corrected chi connectivity index (χ3v) is 3.02. The first-order valence-electron chi connectivity index (χ1n) is 5.67. The van der Waals surface area contributed by atoms with Crippen molar-refractivity contribution in [3.05, 3.63) is 28.7 Å². The van der Waals surface area contributed by atoms with Gasteiger partial charge in [0.25, 0.3) is 0 Å². The fourth-order valence-corrected chi connectivity index (χ4v) is 2.01. The van der Waals surface area contributed by atoms with Crippen LogP contribution in [0.15, 0.2) is 27.4 Å². The van der Waals surface area contributed by atoms with Gasteiger partial charge in [0, 0.05) is 18.0 Å². The SMILES string of the molecule is Nc1ccc2oc(=O)n(C(=O)CC3COC3)c2c1. The van der Waals surface area contributed by atoms with Crippen molar-refractivity contribution in [2.24, 2.45) is 5.92 Å². The molecule has 0 unspecified atom stereocenters. The summed E-state index contributed by atoms with van der Waals surface area (Å²) < 4.78 is 11.1. The number of nitrogen functional groups attached to an aromatic ring is 1. The summed E-state index contributed by atoms with van der Waals surface area (Å²) in [5.41, 5.74) is 6.93. The molecule has 3 rings (SSSR count). The van der Waals surface area contributed by atoms with E-state index in [-0.39, 0.29) is 18.2 Å². The monoisotopic (exact) mass is 248 g/mol. The van der Waals surface area contributed by atoms with Crippen molar-refractivity contribution >= 4 is 22.7 Å². The summed E-state index contributed by atoms with van der Waals surface area (Å²) >= 11 is 0. The number of fused-ring (bicyclic) bond motifs is 1. The van der Waals surface area contributed by atoms with Gasteiger partial charge in [0.2, 0.25) is 5.91 Å². The molecular formula is C12H12N2O4. The largest absolute Gasteiger partial charge is 0.426 e. The number of hydrogen-bond acceptors (Lipinski definition) is 5. The topological polar surface area (TPSA) is 87.5 Å². The molecule has 0 spiro atoms. The zero-order chi connectivity index (χ0) is 12.7. The van der Waals surface area contributed by atoms with Crippen LogP contribution >= 0.6 is 0 Å². The molecule has 1 aliphatic rings. The molecule has 2 aromatic rings. The summed E-state index contributed by atoms with van der Waals surface area (Å²) in [5, 5.41) is 0. The third kappa shape index (κ3) is 1.70. The molecule has 0 saturated carbocycles. The molecule has 6 heteroatoms. The molecule has 1 aliphatic heterocycles. The molecule has 0 amide bonds. The van der Waals surface area contributed by atoms with Gasteiger partial charge in [-0.2, -0.15) is 0 Å². The number of rotatable bonds is 2. The fourth-order valence-electron chi connectivity index (χ4n) is 2.01. The number of ether oxygens (including phenoxy) is 1. The average Bonchev–Trinajstić information content (AvgIpc) is 2.59. The lowest BCUT2D eigenvalue weighted by Gasteiger charge is -2.24. The zero-order valence-corrected chi connectivity index (χ0v) is 9.59. The van der Waals surface area contributed by atoms with Gasteiger partial charge in [-0.15, -0.1) is 0 Å². The van der Waals surface area contributed by atoms with E-state index >= 15 is 0 Å². The lowest BCUT2D eigenvalue weighted by Crippen LogP contribution is -2.33. The first kappa shape index (κ1) is 11.0. The van der Waals surface area contributed by atoms with E-state index < -0.39 is 5.76 Å². The maximum absolute atomic E-state index is 12.1. The number of carbonyl (C=O) groups is 1. The van der Waals surface area contributed by atoms with E-state index in [0.29, 0.717) is 30.0 Å². The third-order valence-electron chi connectivity index (χ3n) is 3.02. The Morgan fingerprint density at radius 1 is 1.44 bits per heavy atom. The van der Waals surface area contributed by atoms with Crippen LogP contribution in [0.1, 0.15) is 11.2 Å². The summed E-state index contributed by atoms with van der Waals surface area (Å²) in [6.45, 7) is 1.14. The molecule has 0 bridgehead atoms. The quantitative estimate of drug-likeness (QED) is 0.796. The van der Waals surface area contributed by atoms with Crippen LogP contribution < -0.4 is 11.5 Å². The molecule has 2 N–H and O–H groups in total. The van der Waals surface area contributed by atoms with Gasteiger partial charge < -0.3 is 14.9 Å². The Balaban J connectivity index is 2.03. The minimum atomic E-state index is -0.666. The van der Waals surface area contributed by atoms with Crippen LogP contribution in [-0.2, 0) is 4.74 Å². The number of aromatic nitrogens is 1. The van der Waals surface area contributed by atoms with Gasteiger partial charge in [0.15, 0.2) is 5.58 Å². The maximum Gasteiger partial charge on any atom is 0.426 e. The van der Waals surface area contributed by atoms with E-state index in [9.17, 15) is 9.59 Å². The Kier molecular flexibility index (Phi) is 2.45. The lowest BCUT2D eigenvalue weighted by atomic mass is 10.0. The van der Waals surface area contributed by atoms with Crippen LogP contribution in [0.5, 0.6) is 0 Å². The van der Waals surface area contributed by atoms with Gasteiger partial charge in [0.1, 0.15) is 5.52 Å². The lowest BCUT2D eigenvalue weighted by molar-refractivity contribution is -0.0332.